The highest BCUT2D eigenvalue weighted by Gasteiger charge is 2.36. The van der Waals surface area contributed by atoms with E-state index in [0.717, 1.165) is 29.6 Å². The molecule has 1 fully saturated rings. The Hall–Kier alpha value is -3.59. The Morgan fingerprint density at radius 1 is 1.18 bits per heavy atom. The Morgan fingerprint density at radius 2 is 2.03 bits per heavy atom. The third kappa shape index (κ3) is 5.43. The number of fused-ring (bicyclic) bond motifs is 1. The highest BCUT2D eigenvalue weighted by molar-refractivity contribution is 5.94. The molecule has 0 unspecified atom stereocenters. The quantitative estimate of drug-likeness (QED) is 0.565. The van der Waals surface area contributed by atoms with Gasteiger partial charge >= 0.3 is 0 Å². The number of amides is 2. The summed E-state index contributed by atoms with van der Waals surface area (Å²) in [6.07, 6.45) is 9.93. The number of anilines is 1. The number of pyridine rings is 3. The van der Waals surface area contributed by atoms with Gasteiger partial charge in [0.2, 0.25) is 5.91 Å². The lowest BCUT2D eigenvalue weighted by Crippen LogP contribution is -2.55. The monoisotopic (exact) mass is 448 g/mol. The predicted molar refractivity (Wildman–Crippen MR) is 125 cm³/mol. The summed E-state index contributed by atoms with van der Waals surface area (Å²) in [6.45, 7) is 1.67. The van der Waals surface area contributed by atoms with Crippen molar-refractivity contribution in [2.45, 2.75) is 24.9 Å². The summed E-state index contributed by atoms with van der Waals surface area (Å²) in [5.74, 6) is -0.398. The fourth-order valence-electron chi connectivity index (χ4n) is 4.30. The molecule has 172 valence electrons. The number of aromatic nitrogens is 3. The highest BCUT2D eigenvalue weighted by atomic mass is 16.3. The third-order valence-corrected chi connectivity index (χ3v) is 5.92. The molecule has 0 aliphatic carbocycles. The molecular formula is C24H28N6O3. The maximum atomic E-state index is 12.6. The zero-order valence-corrected chi connectivity index (χ0v) is 18.6. The number of piperidine rings is 1. The molecule has 0 radical (unpaired) electrons. The minimum Gasteiger partial charge on any atom is -0.386 e. The van der Waals surface area contributed by atoms with Gasteiger partial charge in [-0.3, -0.25) is 24.5 Å². The van der Waals surface area contributed by atoms with Crippen molar-refractivity contribution >= 4 is 28.4 Å². The van der Waals surface area contributed by atoms with E-state index in [-0.39, 0.29) is 31.3 Å². The van der Waals surface area contributed by atoms with Crippen molar-refractivity contribution in [2.24, 2.45) is 0 Å². The van der Waals surface area contributed by atoms with E-state index in [1.165, 1.54) is 6.20 Å². The Balaban J connectivity index is 1.33. The van der Waals surface area contributed by atoms with E-state index in [4.69, 9.17) is 0 Å². The summed E-state index contributed by atoms with van der Waals surface area (Å²) in [7, 11) is 1.69. The van der Waals surface area contributed by atoms with Crippen LogP contribution in [0.3, 0.4) is 0 Å². The van der Waals surface area contributed by atoms with Gasteiger partial charge in [0.05, 0.1) is 23.2 Å². The minimum absolute atomic E-state index is 0.134. The Bertz CT molecular complexity index is 1120. The molecule has 4 rings (SSSR count). The van der Waals surface area contributed by atoms with Crippen LogP contribution in [-0.4, -0.2) is 75.6 Å². The van der Waals surface area contributed by atoms with Gasteiger partial charge in [-0.05, 0) is 37.1 Å². The molecule has 3 aromatic rings. The highest BCUT2D eigenvalue weighted by Crippen LogP contribution is 2.30. The summed E-state index contributed by atoms with van der Waals surface area (Å²) < 4.78 is 0. The lowest BCUT2D eigenvalue weighted by molar-refractivity contribution is -0.133. The molecule has 0 bridgehead atoms. The van der Waals surface area contributed by atoms with Gasteiger partial charge in [0.15, 0.2) is 0 Å². The van der Waals surface area contributed by atoms with Crippen LogP contribution in [0.15, 0.2) is 55.2 Å². The summed E-state index contributed by atoms with van der Waals surface area (Å²) in [5, 5.41) is 15.0. The number of carbonyl (C=O) groups excluding carboxylic acids is 2. The zero-order chi connectivity index (χ0) is 23.3. The number of nitrogens with zero attached hydrogens (tertiary/aromatic N) is 5. The normalized spacial score (nSPS) is 18.2. The molecule has 0 aromatic carbocycles. The standard InChI is InChI=1S/C24H28N6O3/c1-29(22(31)7-12-28-23(32)18-4-2-9-25-14-18)16-24(33)8-3-13-30(17-24)21-6-11-27-20-5-10-26-15-19(20)21/h2,4-6,9-11,14-15,33H,3,7-8,12-13,16-17H2,1H3,(H,28,32)/t24-/m1/s1. The van der Waals surface area contributed by atoms with E-state index in [9.17, 15) is 14.7 Å². The van der Waals surface area contributed by atoms with E-state index in [2.05, 4.69) is 25.2 Å². The van der Waals surface area contributed by atoms with Crippen LogP contribution >= 0.6 is 0 Å². The number of hydrogen-bond donors (Lipinski definition) is 2. The Kier molecular flexibility index (Phi) is 6.79. The molecule has 9 heteroatoms. The average molecular weight is 449 g/mol. The summed E-state index contributed by atoms with van der Waals surface area (Å²) >= 11 is 0. The molecule has 9 nitrogen and oxygen atoms in total. The molecule has 2 amide bonds. The Labute approximate surface area is 192 Å². The van der Waals surface area contributed by atoms with Crippen molar-refractivity contribution in [3.05, 3.63) is 60.8 Å². The van der Waals surface area contributed by atoms with Crippen molar-refractivity contribution in [1.29, 1.82) is 0 Å². The molecule has 1 aliphatic rings. The molecule has 33 heavy (non-hydrogen) atoms. The molecule has 1 saturated heterocycles. The number of carbonyl (C=O) groups is 2. The largest absolute Gasteiger partial charge is 0.386 e. The second-order valence-corrected chi connectivity index (χ2v) is 8.47. The van der Waals surface area contributed by atoms with Crippen LogP contribution in [0.4, 0.5) is 5.69 Å². The number of aliphatic hydroxyl groups is 1. The van der Waals surface area contributed by atoms with Crippen molar-refractivity contribution in [1.82, 2.24) is 25.2 Å². The molecular weight excluding hydrogens is 420 g/mol. The Morgan fingerprint density at radius 3 is 2.85 bits per heavy atom. The van der Waals surface area contributed by atoms with Crippen LogP contribution < -0.4 is 10.2 Å². The predicted octanol–water partition coefficient (Wildman–Crippen LogP) is 1.63. The number of rotatable bonds is 7. The molecule has 0 spiro atoms. The summed E-state index contributed by atoms with van der Waals surface area (Å²) in [4.78, 5) is 40.9. The minimum atomic E-state index is -1.03. The van der Waals surface area contributed by atoms with Crippen molar-refractivity contribution < 1.29 is 14.7 Å². The molecule has 4 heterocycles. The molecule has 0 saturated carbocycles. The van der Waals surface area contributed by atoms with Crippen molar-refractivity contribution in [2.75, 3.05) is 38.1 Å². The van der Waals surface area contributed by atoms with Crippen LogP contribution in [0.5, 0.6) is 0 Å². The smallest absolute Gasteiger partial charge is 0.252 e. The first-order valence-electron chi connectivity index (χ1n) is 11.0. The number of hydrogen-bond acceptors (Lipinski definition) is 7. The van der Waals surface area contributed by atoms with Crippen molar-refractivity contribution in [3.63, 3.8) is 0 Å². The van der Waals surface area contributed by atoms with Gasteiger partial charge in [-0.1, -0.05) is 0 Å². The van der Waals surface area contributed by atoms with Crippen LogP contribution in [-0.2, 0) is 4.79 Å². The van der Waals surface area contributed by atoms with Gasteiger partial charge < -0.3 is 20.2 Å². The van der Waals surface area contributed by atoms with Gasteiger partial charge in [0.25, 0.3) is 5.91 Å². The fourth-order valence-corrected chi connectivity index (χ4v) is 4.30. The van der Waals surface area contributed by atoms with Crippen LogP contribution in [0.2, 0.25) is 0 Å². The van der Waals surface area contributed by atoms with Crippen LogP contribution in [0, 0.1) is 0 Å². The van der Waals surface area contributed by atoms with Crippen LogP contribution in [0.25, 0.3) is 10.9 Å². The first-order chi connectivity index (χ1) is 16.0. The molecule has 2 N–H and O–H groups in total. The van der Waals surface area contributed by atoms with Gasteiger partial charge in [-0.2, -0.15) is 0 Å². The lowest BCUT2D eigenvalue weighted by atomic mass is 9.91. The molecule has 1 atom stereocenters. The maximum absolute atomic E-state index is 12.6. The maximum Gasteiger partial charge on any atom is 0.252 e. The zero-order valence-electron chi connectivity index (χ0n) is 18.6. The van der Waals surface area contributed by atoms with E-state index in [0.29, 0.717) is 18.5 Å². The molecule has 3 aromatic heterocycles. The first kappa shape index (κ1) is 22.6. The third-order valence-electron chi connectivity index (χ3n) is 5.92. The number of nitrogens with one attached hydrogen (secondary N) is 1. The lowest BCUT2D eigenvalue weighted by Gasteiger charge is -2.42. The van der Waals surface area contributed by atoms with Crippen LogP contribution in [0.1, 0.15) is 29.6 Å². The van der Waals surface area contributed by atoms with Gasteiger partial charge in [0.1, 0.15) is 0 Å². The second-order valence-electron chi connectivity index (χ2n) is 8.47. The van der Waals surface area contributed by atoms with Gasteiger partial charge in [-0.25, -0.2) is 0 Å². The average Bonchev–Trinajstić information content (AvgIpc) is 2.83. The first-order valence-corrected chi connectivity index (χ1v) is 11.0. The summed E-state index contributed by atoms with van der Waals surface area (Å²) in [5.41, 5.74) is 1.27. The summed E-state index contributed by atoms with van der Waals surface area (Å²) in [6, 6.07) is 7.17. The van der Waals surface area contributed by atoms with Gasteiger partial charge in [0, 0.05) is 75.2 Å². The van der Waals surface area contributed by atoms with E-state index in [1.54, 1.807) is 48.9 Å². The number of β-amino-alcohol motifs (C(OH)–C–C–N with tert-alkyl or cyclic N) is 1. The van der Waals surface area contributed by atoms with E-state index >= 15 is 0 Å². The fraction of sp³-hybridized carbons (Fsp3) is 0.375. The SMILES string of the molecule is CN(C[C@]1(O)CCCN(c2ccnc3ccncc23)C1)C(=O)CCNC(=O)c1cccnc1. The van der Waals surface area contributed by atoms with Crippen molar-refractivity contribution in [3.8, 4) is 0 Å². The second kappa shape index (κ2) is 9.91. The van der Waals surface area contributed by atoms with Gasteiger partial charge in [-0.15, -0.1) is 0 Å². The number of likely N-dealkylation sites (N-methyl/N-ethyl adjacent to an activating group) is 1. The van der Waals surface area contributed by atoms with E-state index in [1.807, 2.05) is 12.1 Å². The topological polar surface area (TPSA) is 112 Å². The van der Waals surface area contributed by atoms with E-state index < -0.39 is 5.60 Å². The molecule has 1 aliphatic heterocycles.